The third-order valence-corrected chi connectivity index (χ3v) is 1.63. The Morgan fingerprint density at radius 3 is 2.62 bits per heavy atom. The lowest BCUT2D eigenvalue weighted by molar-refractivity contribution is 0.958. The zero-order valence-electron chi connectivity index (χ0n) is 8.04. The summed E-state index contributed by atoms with van der Waals surface area (Å²) in [6.45, 7) is 4.47. The second-order valence-electron chi connectivity index (χ2n) is 2.40. The number of nitrogens with two attached hydrogens (primary N) is 1. The number of fused-ring (bicyclic) bond motifs is 1. The van der Waals surface area contributed by atoms with Crippen molar-refractivity contribution in [1.29, 1.82) is 0 Å². The van der Waals surface area contributed by atoms with E-state index in [1.165, 1.54) is 0 Å². The minimum Gasteiger partial charge on any atom is -0.341 e. The molecule has 3 nitrogen and oxygen atoms in total. The Balaban J connectivity index is 0.000000396. The number of imidazole rings is 1. The molecule has 0 spiro atoms. The van der Waals surface area contributed by atoms with Crippen LogP contribution in [0.1, 0.15) is 19.7 Å². The van der Waals surface area contributed by atoms with Gasteiger partial charge in [0.05, 0.1) is 17.6 Å². The van der Waals surface area contributed by atoms with Crippen LogP contribution < -0.4 is 5.73 Å². The molecule has 1 aromatic carbocycles. The van der Waals surface area contributed by atoms with Crippen molar-refractivity contribution < 1.29 is 0 Å². The number of nitrogens with zero attached hydrogens (tertiary/aromatic N) is 1. The number of benzene rings is 1. The lowest BCUT2D eigenvalue weighted by Gasteiger charge is -1.82. The summed E-state index contributed by atoms with van der Waals surface area (Å²) in [5.41, 5.74) is 7.45. The minimum absolute atomic E-state index is 0.467. The molecule has 0 atom stereocenters. The number of aromatic amines is 1. The first-order valence-corrected chi connectivity index (χ1v) is 4.54. The average molecular weight is 177 g/mol. The summed E-state index contributed by atoms with van der Waals surface area (Å²) in [7, 11) is 0. The van der Waals surface area contributed by atoms with Gasteiger partial charge >= 0.3 is 0 Å². The highest BCUT2D eigenvalue weighted by molar-refractivity contribution is 5.74. The first-order chi connectivity index (χ1) is 6.40. The molecule has 2 aromatic rings. The normalized spacial score (nSPS) is 9.46. The van der Waals surface area contributed by atoms with E-state index in [0.717, 1.165) is 16.9 Å². The molecule has 0 aliphatic rings. The molecule has 0 aliphatic carbocycles. The summed E-state index contributed by atoms with van der Waals surface area (Å²) in [5.74, 6) is 0.839. The maximum atomic E-state index is 5.42. The van der Waals surface area contributed by atoms with Crippen molar-refractivity contribution >= 4 is 11.0 Å². The zero-order valence-corrected chi connectivity index (χ0v) is 8.04. The first-order valence-electron chi connectivity index (χ1n) is 4.54. The van der Waals surface area contributed by atoms with Crippen molar-refractivity contribution in [1.82, 2.24) is 9.97 Å². The Hall–Kier alpha value is -1.35. The van der Waals surface area contributed by atoms with Crippen LogP contribution in [-0.4, -0.2) is 9.97 Å². The Bertz CT molecular complexity index is 332. The predicted molar refractivity (Wildman–Crippen MR) is 55.3 cm³/mol. The number of hydrogen-bond acceptors (Lipinski definition) is 2. The van der Waals surface area contributed by atoms with Crippen molar-refractivity contribution in [2.75, 3.05) is 0 Å². The minimum atomic E-state index is 0.467. The van der Waals surface area contributed by atoms with Crippen molar-refractivity contribution in [2.24, 2.45) is 5.73 Å². The fraction of sp³-hybridized carbons (Fsp3) is 0.300. The SMILES string of the molecule is CC.NCc1nc2ccccc2[nH]1. The van der Waals surface area contributed by atoms with Crippen molar-refractivity contribution in [3.8, 4) is 0 Å². The van der Waals surface area contributed by atoms with E-state index in [1.807, 2.05) is 38.1 Å². The predicted octanol–water partition coefficient (Wildman–Crippen LogP) is 2.05. The molecular formula is C10H15N3. The number of H-pyrrole nitrogens is 1. The van der Waals surface area contributed by atoms with Gasteiger partial charge in [-0.25, -0.2) is 4.98 Å². The molecule has 0 radical (unpaired) electrons. The largest absolute Gasteiger partial charge is 0.341 e. The highest BCUT2D eigenvalue weighted by atomic mass is 14.9. The Kier molecular flexibility index (Phi) is 3.46. The van der Waals surface area contributed by atoms with Crippen LogP contribution in [0.3, 0.4) is 0 Å². The lowest BCUT2D eigenvalue weighted by Crippen LogP contribution is -1.97. The maximum Gasteiger partial charge on any atom is 0.121 e. The van der Waals surface area contributed by atoms with Crippen LogP contribution in [-0.2, 0) is 6.54 Å². The molecule has 1 heterocycles. The smallest absolute Gasteiger partial charge is 0.121 e. The van der Waals surface area contributed by atoms with Crippen LogP contribution >= 0.6 is 0 Å². The molecule has 0 aliphatic heterocycles. The van der Waals surface area contributed by atoms with Gasteiger partial charge in [0.15, 0.2) is 0 Å². The van der Waals surface area contributed by atoms with E-state index in [1.54, 1.807) is 0 Å². The topological polar surface area (TPSA) is 54.7 Å². The lowest BCUT2D eigenvalue weighted by atomic mass is 10.3. The van der Waals surface area contributed by atoms with Gasteiger partial charge in [0.2, 0.25) is 0 Å². The van der Waals surface area contributed by atoms with Crippen LogP contribution in [0, 0.1) is 0 Å². The molecule has 0 bridgehead atoms. The molecule has 2 rings (SSSR count). The van der Waals surface area contributed by atoms with E-state index in [9.17, 15) is 0 Å². The summed E-state index contributed by atoms with van der Waals surface area (Å²) in [6, 6.07) is 7.89. The number of rotatable bonds is 1. The summed E-state index contributed by atoms with van der Waals surface area (Å²) in [4.78, 5) is 7.36. The van der Waals surface area contributed by atoms with Gasteiger partial charge in [0.25, 0.3) is 0 Å². The van der Waals surface area contributed by atoms with Gasteiger partial charge in [0.1, 0.15) is 5.82 Å². The fourth-order valence-corrected chi connectivity index (χ4v) is 1.10. The van der Waals surface area contributed by atoms with Crippen molar-refractivity contribution in [3.63, 3.8) is 0 Å². The molecule has 0 unspecified atom stereocenters. The monoisotopic (exact) mass is 177 g/mol. The van der Waals surface area contributed by atoms with E-state index in [4.69, 9.17) is 5.73 Å². The van der Waals surface area contributed by atoms with Crippen LogP contribution in [0.25, 0.3) is 11.0 Å². The van der Waals surface area contributed by atoms with Crippen LogP contribution in [0.5, 0.6) is 0 Å². The quantitative estimate of drug-likeness (QED) is 0.700. The number of hydrogen-bond donors (Lipinski definition) is 2. The molecule has 0 fully saturated rings. The molecule has 70 valence electrons. The van der Waals surface area contributed by atoms with E-state index in [0.29, 0.717) is 6.54 Å². The third kappa shape index (κ3) is 2.06. The van der Waals surface area contributed by atoms with Crippen LogP contribution in [0.15, 0.2) is 24.3 Å². The van der Waals surface area contributed by atoms with Gasteiger partial charge in [0, 0.05) is 0 Å². The summed E-state index contributed by atoms with van der Waals surface area (Å²) in [6.07, 6.45) is 0. The molecule has 3 N–H and O–H groups in total. The third-order valence-electron chi connectivity index (χ3n) is 1.63. The molecule has 0 saturated heterocycles. The average Bonchev–Trinajstić information content (AvgIpc) is 2.63. The van der Waals surface area contributed by atoms with Gasteiger partial charge in [-0.2, -0.15) is 0 Å². The summed E-state index contributed by atoms with van der Waals surface area (Å²) < 4.78 is 0. The van der Waals surface area contributed by atoms with Gasteiger partial charge in [-0.05, 0) is 12.1 Å². The van der Waals surface area contributed by atoms with E-state index < -0.39 is 0 Å². The molecule has 0 amide bonds. The standard InChI is InChI=1S/C8H9N3.C2H6/c9-5-8-10-6-3-1-2-4-7(6)11-8;1-2/h1-4H,5,9H2,(H,10,11);1-2H3. The molecule has 1 aromatic heterocycles. The van der Waals surface area contributed by atoms with E-state index in [-0.39, 0.29) is 0 Å². The molecule has 13 heavy (non-hydrogen) atoms. The van der Waals surface area contributed by atoms with Crippen LogP contribution in [0.2, 0.25) is 0 Å². The van der Waals surface area contributed by atoms with Gasteiger partial charge in [-0.15, -0.1) is 0 Å². The second kappa shape index (κ2) is 4.62. The van der Waals surface area contributed by atoms with Gasteiger partial charge in [-0.3, -0.25) is 0 Å². The van der Waals surface area contributed by atoms with Crippen molar-refractivity contribution in [3.05, 3.63) is 30.1 Å². The van der Waals surface area contributed by atoms with Gasteiger partial charge in [-0.1, -0.05) is 26.0 Å². The first kappa shape index (κ1) is 9.74. The number of para-hydroxylation sites is 2. The number of nitrogens with one attached hydrogen (secondary N) is 1. The maximum absolute atomic E-state index is 5.42. The van der Waals surface area contributed by atoms with E-state index >= 15 is 0 Å². The molecular weight excluding hydrogens is 162 g/mol. The number of aromatic nitrogens is 2. The Morgan fingerprint density at radius 1 is 1.31 bits per heavy atom. The zero-order chi connectivity index (χ0) is 9.68. The fourth-order valence-electron chi connectivity index (χ4n) is 1.10. The summed E-state index contributed by atoms with van der Waals surface area (Å²) >= 11 is 0. The summed E-state index contributed by atoms with van der Waals surface area (Å²) in [5, 5.41) is 0. The van der Waals surface area contributed by atoms with Crippen LogP contribution in [0.4, 0.5) is 0 Å². The second-order valence-corrected chi connectivity index (χ2v) is 2.40. The highest BCUT2D eigenvalue weighted by Crippen LogP contribution is 2.09. The van der Waals surface area contributed by atoms with Gasteiger partial charge < -0.3 is 10.7 Å². The van der Waals surface area contributed by atoms with E-state index in [2.05, 4.69) is 9.97 Å². The van der Waals surface area contributed by atoms with Crippen molar-refractivity contribution in [2.45, 2.75) is 20.4 Å². The highest BCUT2D eigenvalue weighted by Gasteiger charge is 1.97. The molecule has 0 saturated carbocycles. The Labute approximate surface area is 78.0 Å². The molecule has 3 heteroatoms. The Morgan fingerprint density at radius 2 is 2.00 bits per heavy atom.